The summed E-state index contributed by atoms with van der Waals surface area (Å²) >= 11 is 0. The van der Waals surface area contributed by atoms with Gasteiger partial charge in [0, 0.05) is 5.57 Å². The fraction of sp³-hybridized carbons (Fsp3) is 0.500. The average molecular weight is 113 g/mol. The summed E-state index contributed by atoms with van der Waals surface area (Å²) in [5.74, 6) is -0.310. The van der Waals surface area contributed by atoms with Crippen LogP contribution in [0.1, 0.15) is 20.3 Å². The lowest BCUT2D eigenvalue weighted by Crippen LogP contribution is -2.12. The number of nitrogens with two attached hydrogens (primary N) is 1. The Bertz CT molecular complexity index is 116. The molecule has 2 nitrogen and oxygen atoms in total. The molecule has 0 fully saturated rings. The van der Waals surface area contributed by atoms with E-state index in [-0.39, 0.29) is 5.91 Å². The van der Waals surface area contributed by atoms with Gasteiger partial charge in [-0.3, -0.25) is 4.79 Å². The van der Waals surface area contributed by atoms with Gasteiger partial charge in [-0.1, -0.05) is 13.0 Å². The lowest BCUT2D eigenvalue weighted by molar-refractivity contribution is -0.114. The molecule has 0 rings (SSSR count). The van der Waals surface area contributed by atoms with Gasteiger partial charge in [0.1, 0.15) is 0 Å². The third kappa shape index (κ3) is 1.78. The van der Waals surface area contributed by atoms with Crippen LogP contribution in [0.5, 0.6) is 0 Å². The van der Waals surface area contributed by atoms with Gasteiger partial charge in [0.15, 0.2) is 0 Å². The van der Waals surface area contributed by atoms with Crippen LogP contribution in [0.15, 0.2) is 11.6 Å². The van der Waals surface area contributed by atoms with E-state index < -0.39 is 0 Å². The molecule has 0 aliphatic rings. The van der Waals surface area contributed by atoms with E-state index in [2.05, 4.69) is 0 Å². The van der Waals surface area contributed by atoms with E-state index >= 15 is 0 Å². The van der Waals surface area contributed by atoms with E-state index in [1.54, 1.807) is 6.08 Å². The summed E-state index contributed by atoms with van der Waals surface area (Å²) in [4.78, 5) is 10.3. The molecule has 0 aliphatic heterocycles. The van der Waals surface area contributed by atoms with E-state index in [1.807, 2.05) is 13.8 Å². The summed E-state index contributed by atoms with van der Waals surface area (Å²) < 4.78 is 0. The molecule has 0 atom stereocenters. The van der Waals surface area contributed by atoms with Crippen molar-refractivity contribution in [3.63, 3.8) is 0 Å². The molecule has 0 aromatic carbocycles. The van der Waals surface area contributed by atoms with E-state index in [0.29, 0.717) is 5.57 Å². The van der Waals surface area contributed by atoms with Crippen LogP contribution >= 0.6 is 0 Å². The molecule has 46 valence electrons. The Morgan fingerprint density at radius 3 is 2.25 bits per heavy atom. The van der Waals surface area contributed by atoms with E-state index in [1.165, 1.54) is 0 Å². The minimum atomic E-state index is -0.310. The molecule has 0 aromatic rings. The zero-order valence-corrected chi connectivity index (χ0v) is 5.27. The van der Waals surface area contributed by atoms with Crippen molar-refractivity contribution in [1.29, 1.82) is 0 Å². The fourth-order valence-electron chi connectivity index (χ4n) is 0.521. The lowest BCUT2D eigenvalue weighted by atomic mass is 10.2. The molecule has 2 heteroatoms. The zero-order chi connectivity index (χ0) is 6.57. The molecule has 0 heterocycles. The molecule has 0 unspecified atom stereocenters. The number of carbonyl (C=O) groups excluding carboxylic acids is 1. The summed E-state index contributed by atoms with van der Waals surface area (Å²) in [5.41, 5.74) is 5.65. The standard InChI is InChI=1S/C6H11NO/c1-3-5(4-2)6(7)8/h3H,4H2,1-2H3,(H2,7,8)/b5-3-. The van der Waals surface area contributed by atoms with Gasteiger partial charge in [-0.15, -0.1) is 0 Å². The SMILES string of the molecule is C/C=C(/CC)C(N)=O. The van der Waals surface area contributed by atoms with Crippen LogP contribution in [-0.2, 0) is 4.79 Å². The van der Waals surface area contributed by atoms with Gasteiger partial charge in [-0.05, 0) is 13.3 Å². The molecular formula is C6H11NO. The van der Waals surface area contributed by atoms with Crippen molar-refractivity contribution in [1.82, 2.24) is 0 Å². The van der Waals surface area contributed by atoms with Gasteiger partial charge in [0.2, 0.25) is 5.91 Å². The van der Waals surface area contributed by atoms with Crippen molar-refractivity contribution < 1.29 is 4.79 Å². The summed E-state index contributed by atoms with van der Waals surface area (Å²) in [7, 11) is 0. The molecule has 0 saturated carbocycles. The molecule has 2 N–H and O–H groups in total. The molecule has 0 radical (unpaired) electrons. The first kappa shape index (κ1) is 7.21. The van der Waals surface area contributed by atoms with Crippen LogP contribution in [0.4, 0.5) is 0 Å². The van der Waals surface area contributed by atoms with Gasteiger partial charge in [0.25, 0.3) is 0 Å². The molecule has 8 heavy (non-hydrogen) atoms. The number of carbonyl (C=O) groups is 1. The number of hydrogen-bond acceptors (Lipinski definition) is 1. The molecule has 0 saturated heterocycles. The zero-order valence-electron chi connectivity index (χ0n) is 5.27. The van der Waals surface area contributed by atoms with E-state index in [0.717, 1.165) is 6.42 Å². The predicted octanol–water partition coefficient (Wildman–Crippen LogP) is 0.828. The van der Waals surface area contributed by atoms with Crippen LogP contribution in [0, 0.1) is 0 Å². The normalized spacial score (nSPS) is 11.5. The van der Waals surface area contributed by atoms with Gasteiger partial charge >= 0.3 is 0 Å². The second-order valence-electron chi connectivity index (χ2n) is 1.53. The van der Waals surface area contributed by atoms with Crippen LogP contribution in [-0.4, -0.2) is 5.91 Å². The predicted molar refractivity (Wildman–Crippen MR) is 33.2 cm³/mol. The summed E-state index contributed by atoms with van der Waals surface area (Å²) in [6, 6.07) is 0. The summed E-state index contributed by atoms with van der Waals surface area (Å²) in [5, 5.41) is 0. The van der Waals surface area contributed by atoms with Crippen LogP contribution in [0.3, 0.4) is 0 Å². The Hall–Kier alpha value is -0.790. The van der Waals surface area contributed by atoms with Crippen molar-refractivity contribution in [3.8, 4) is 0 Å². The monoisotopic (exact) mass is 113 g/mol. The third-order valence-corrected chi connectivity index (χ3v) is 1.05. The highest BCUT2D eigenvalue weighted by Gasteiger charge is 1.96. The number of amides is 1. The first-order valence-corrected chi connectivity index (χ1v) is 2.67. The number of rotatable bonds is 2. The average Bonchev–Trinajstić information content (AvgIpc) is 1.69. The van der Waals surface area contributed by atoms with Gasteiger partial charge in [0.05, 0.1) is 0 Å². The quantitative estimate of drug-likeness (QED) is 0.529. The van der Waals surface area contributed by atoms with Gasteiger partial charge in [-0.25, -0.2) is 0 Å². The third-order valence-electron chi connectivity index (χ3n) is 1.05. The van der Waals surface area contributed by atoms with Gasteiger partial charge in [-0.2, -0.15) is 0 Å². The number of allylic oxidation sites excluding steroid dienone is 1. The van der Waals surface area contributed by atoms with Crippen molar-refractivity contribution >= 4 is 5.91 Å². The minimum absolute atomic E-state index is 0.310. The second kappa shape index (κ2) is 3.24. The Morgan fingerprint density at radius 1 is 1.75 bits per heavy atom. The Morgan fingerprint density at radius 2 is 2.25 bits per heavy atom. The van der Waals surface area contributed by atoms with Crippen molar-refractivity contribution in [2.45, 2.75) is 20.3 Å². The maximum absolute atomic E-state index is 10.3. The van der Waals surface area contributed by atoms with Crippen molar-refractivity contribution in [3.05, 3.63) is 11.6 Å². The Labute approximate surface area is 49.4 Å². The maximum atomic E-state index is 10.3. The summed E-state index contributed by atoms with van der Waals surface area (Å²) in [6.45, 7) is 3.71. The molecule has 1 amide bonds. The largest absolute Gasteiger partial charge is 0.366 e. The maximum Gasteiger partial charge on any atom is 0.244 e. The van der Waals surface area contributed by atoms with Crippen LogP contribution in [0.2, 0.25) is 0 Å². The number of primary amides is 1. The summed E-state index contributed by atoms with van der Waals surface area (Å²) in [6.07, 6.45) is 2.47. The van der Waals surface area contributed by atoms with E-state index in [4.69, 9.17) is 5.73 Å². The van der Waals surface area contributed by atoms with Crippen molar-refractivity contribution in [2.24, 2.45) is 5.73 Å². The first-order chi connectivity index (χ1) is 3.72. The molecular weight excluding hydrogens is 102 g/mol. The lowest BCUT2D eigenvalue weighted by Gasteiger charge is -1.92. The Balaban J connectivity index is 3.92. The minimum Gasteiger partial charge on any atom is -0.366 e. The molecule has 0 spiro atoms. The van der Waals surface area contributed by atoms with Gasteiger partial charge < -0.3 is 5.73 Å². The topological polar surface area (TPSA) is 43.1 Å². The van der Waals surface area contributed by atoms with Crippen molar-refractivity contribution in [2.75, 3.05) is 0 Å². The Kier molecular flexibility index (Phi) is 2.92. The van der Waals surface area contributed by atoms with Crippen LogP contribution in [0.25, 0.3) is 0 Å². The highest BCUT2D eigenvalue weighted by molar-refractivity contribution is 5.91. The van der Waals surface area contributed by atoms with E-state index in [9.17, 15) is 4.79 Å². The van der Waals surface area contributed by atoms with Crippen LogP contribution < -0.4 is 5.73 Å². The smallest absolute Gasteiger partial charge is 0.244 e. The molecule has 0 aliphatic carbocycles. The second-order valence-corrected chi connectivity index (χ2v) is 1.53. The number of hydrogen-bond donors (Lipinski definition) is 1. The highest BCUT2D eigenvalue weighted by atomic mass is 16.1. The first-order valence-electron chi connectivity index (χ1n) is 2.67. The molecule has 0 aromatic heterocycles. The molecule has 0 bridgehead atoms. The fourth-order valence-corrected chi connectivity index (χ4v) is 0.521. The highest BCUT2D eigenvalue weighted by Crippen LogP contribution is 1.96.